The van der Waals surface area contributed by atoms with Crippen LogP contribution in [0.1, 0.15) is 48.9 Å². The molecule has 3 rings (SSSR count). The normalized spacial score (nSPS) is 20.5. The maximum absolute atomic E-state index is 11.3. The van der Waals surface area contributed by atoms with E-state index in [9.17, 15) is 9.90 Å². The highest BCUT2D eigenvalue weighted by atomic mass is 35.5. The third-order valence-electron chi connectivity index (χ3n) is 4.99. The van der Waals surface area contributed by atoms with Gasteiger partial charge in [-0.3, -0.25) is 0 Å². The lowest BCUT2D eigenvalue weighted by Crippen LogP contribution is -2.30. The predicted octanol–water partition coefficient (Wildman–Crippen LogP) is 3.23. The smallest absolute Gasteiger partial charge is 0.341 e. The van der Waals surface area contributed by atoms with Crippen LogP contribution in [0.2, 0.25) is 5.28 Å². The Morgan fingerprint density at radius 1 is 1.43 bits per heavy atom. The van der Waals surface area contributed by atoms with Crippen molar-refractivity contribution in [2.45, 2.75) is 38.5 Å². The summed E-state index contributed by atoms with van der Waals surface area (Å²) in [5.74, 6) is -0.0000800. The van der Waals surface area contributed by atoms with Crippen molar-refractivity contribution in [3.05, 3.63) is 17.0 Å². The Balaban J connectivity index is 1.68. The van der Waals surface area contributed by atoms with Crippen LogP contribution >= 0.6 is 11.6 Å². The molecule has 114 valence electrons. The molecular weight excluding hydrogens is 290 g/mol. The molecule has 1 spiro atoms. The van der Waals surface area contributed by atoms with Crippen LogP contribution in [0, 0.1) is 11.3 Å². The SMILES string of the molecule is CN(CC1CCC2(CC1)CC2)c1nc(Cl)ncc1C(=O)O. The van der Waals surface area contributed by atoms with Gasteiger partial charge in [0.2, 0.25) is 5.28 Å². The number of aromatic nitrogens is 2. The van der Waals surface area contributed by atoms with Crippen molar-refractivity contribution in [1.82, 2.24) is 9.97 Å². The van der Waals surface area contributed by atoms with E-state index < -0.39 is 5.97 Å². The third kappa shape index (κ3) is 3.12. The van der Waals surface area contributed by atoms with Crippen molar-refractivity contribution in [3.63, 3.8) is 0 Å². The monoisotopic (exact) mass is 309 g/mol. The summed E-state index contributed by atoms with van der Waals surface area (Å²) in [5, 5.41) is 9.32. The van der Waals surface area contributed by atoms with E-state index in [-0.39, 0.29) is 10.8 Å². The minimum absolute atomic E-state index is 0.0856. The number of aromatic carboxylic acids is 1. The molecule has 0 amide bonds. The second-order valence-corrected chi connectivity index (χ2v) is 6.84. The van der Waals surface area contributed by atoms with Crippen molar-refractivity contribution < 1.29 is 9.90 Å². The molecule has 0 aliphatic heterocycles. The topological polar surface area (TPSA) is 66.3 Å². The van der Waals surface area contributed by atoms with Crippen LogP contribution in [0.3, 0.4) is 0 Å². The van der Waals surface area contributed by atoms with Crippen molar-refractivity contribution in [2.75, 3.05) is 18.5 Å². The molecule has 1 heterocycles. The minimum atomic E-state index is -1.02. The largest absolute Gasteiger partial charge is 0.477 e. The Bertz CT molecular complexity index is 550. The van der Waals surface area contributed by atoms with Gasteiger partial charge in [0.15, 0.2) is 0 Å². The van der Waals surface area contributed by atoms with Gasteiger partial charge in [-0.1, -0.05) is 0 Å². The summed E-state index contributed by atoms with van der Waals surface area (Å²) in [6.45, 7) is 0.823. The van der Waals surface area contributed by atoms with E-state index in [2.05, 4.69) is 9.97 Å². The second-order valence-electron chi connectivity index (χ2n) is 6.51. The maximum Gasteiger partial charge on any atom is 0.341 e. The van der Waals surface area contributed by atoms with Crippen LogP contribution in [0.4, 0.5) is 5.82 Å². The van der Waals surface area contributed by atoms with Gasteiger partial charge in [0.25, 0.3) is 0 Å². The van der Waals surface area contributed by atoms with Crippen molar-refractivity contribution in [1.29, 1.82) is 0 Å². The van der Waals surface area contributed by atoms with Gasteiger partial charge in [0.1, 0.15) is 11.4 Å². The predicted molar refractivity (Wildman–Crippen MR) is 80.9 cm³/mol. The maximum atomic E-state index is 11.3. The lowest BCUT2D eigenvalue weighted by molar-refractivity contribution is 0.0696. The van der Waals surface area contributed by atoms with Crippen molar-refractivity contribution in [3.8, 4) is 0 Å². The first-order valence-corrected chi connectivity index (χ1v) is 7.84. The van der Waals surface area contributed by atoms with E-state index in [4.69, 9.17) is 11.6 Å². The number of rotatable bonds is 4. The lowest BCUT2D eigenvalue weighted by Gasteiger charge is -2.32. The molecule has 1 aromatic heterocycles. The number of carboxylic acid groups (broad SMARTS) is 1. The summed E-state index contributed by atoms with van der Waals surface area (Å²) in [6.07, 6.45) is 9.19. The lowest BCUT2D eigenvalue weighted by atomic mass is 9.79. The summed E-state index contributed by atoms with van der Waals surface area (Å²) in [6, 6.07) is 0. The molecule has 2 aliphatic rings. The van der Waals surface area contributed by atoms with Crippen LogP contribution in [-0.4, -0.2) is 34.6 Å². The summed E-state index contributed by atoms with van der Waals surface area (Å²) in [7, 11) is 1.88. The zero-order chi connectivity index (χ0) is 15.0. The molecule has 0 atom stereocenters. The Kier molecular flexibility index (Phi) is 3.78. The fourth-order valence-corrected chi connectivity index (χ4v) is 3.55. The number of halogens is 1. The average molecular weight is 310 g/mol. The molecule has 1 aromatic rings. The molecule has 2 saturated carbocycles. The fraction of sp³-hybridized carbons (Fsp3) is 0.667. The Morgan fingerprint density at radius 2 is 2.10 bits per heavy atom. The molecule has 0 unspecified atom stereocenters. The number of carbonyl (C=O) groups is 1. The number of hydrogen-bond acceptors (Lipinski definition) is 4. The van der Waals surface area contributed by atoms with E-state index in [0.29, 0.717) is 17.2 Å². The summed E-state index contributed by atoms with van der Waals surface area (Å²) in [5.41, 5.74) is 0.788. The van der Waals surface area contributed by atoms with E-state index in [1.54, 1.807) is 0 Å². The van der Waals surface area contributed by atoms with E-state index in [0.717, 1.165) is 6.54 Å². The van der Waals surface area contributed by atoms with Crippen molar-refractivity contribution in [2.24, 2.45) is 11.3 Å². The van der Waals surface area contributed by atoms with Gasteiger partial charge in [-0.2, -0.15) is 4.98 Å². The highest BCUT2D eigenvalue weighted by molar-refractivity contribution is 6.28. The number of hydrogen-bond donors (Lipinski definition) is 1. The molecule has 1 N–H and O–H groups in total. The Labute approximate surface area is 129 Å². The Hall–Kier alpha value is -1.36. The van der Waals surface area contributed by atoms with Gasteiger partial charge in [0.05, 0.1) is 0 Å². The molecule has 0 saturated heterocycles. The summed E-state index contributed by atoms with van der Waals surface area (Å²) < 4.78 is 0. The van der Waals surface area contributed by atoms with Crippen LogP contribution in [-0.2, 0) is 0 Å². The number of carboxylic acids is 1. The molecule has 0 bridgehead atoms. The highest BCUT2D eigenvalue weighted by Gasteiger charge is 2.44. The zero-order valence-corrected chi connectivity index (χ0v) is 12.9. The van der Waals surface area contributed by atoms with Gasteiger partial charge >= 0.3 is 5.97 Å². The summed E-state index contributed by atoms with van der Waals surface area (Å²) >= 11 is 5.81. The molecule has 0 aromatic carbocycles. The van der Waals surface area contributed by atoms with Crippen LogP contribution in [0.15, 0.2) is 6.20 Å². The average Bonchev–Trinajstić information content (AvgIpc) is 3.21. The molecule has 0 radical (unpaired) electrons. The molecule has 5 nitrogen and oxygen atoms in total. The van der Waals surface area contributed by atoms with E-state index >= 15 is 0 Å². The highest BCUT2D eigenvalue weighted by Crippen LogP contribution is 2.57. The second kappa shape index (κ2) is 5.44. The summed E-state index contributed by atoms with van der Waals surface area (Å²) in [4.78, 5) is 21.0. The third-order valence-corrected chi connectivity index (χ3v) is 5.17. The van der Waals surface area contributed by atoms with Crippen LogP contribution in [0.5, 0.6) is 0 Å². The van der Waals surface area contributed by atoms with E-state index in [1.165, 1.54) is 44.7 Å². The van der Waals surface area contributed by atoms with Crippen molar-refractivity contribution >= 4 is 23.4 Å². The van der Waals surface area contributed by atoms with Crippen LogP contribution in [0.25, 0.3) is 0 Å². The van der Waals surface area contributed by atoms with Gasteiger partial charge in [-0.25, -0.2) is 9.78 Å². The van der Waals surface area contributed by atoms with Gasteiger partial charge in [0, 0.05) is 19.8 Å². The molecule has 21 heavy (non-hydrogen) atoms. The first-order chi connectivity index (χ1) is 9.99. The zero-order valence-electron chi connectivity index (χ0n) is 12.2. The van der Waals surface area contributed by atoms with Crippen LogP contribution < -0.4 is 4.90 Å². The first-order valence-electron chi connectivity index (χ1n) is 7.46. The molecular formula is C15H20ClN3O2. The molecule has 2 aliphatic carbocycles. The van der Waals surface area contributed by atoms with Gasteiger partial charge < -0.3 is 10.0 Å². The van der Waals surface area contributed by atoms with Gasteiger partial charge in [-0.15, -0.1) is 0 Å². The van der Waals surface area contributed by atoms with Gasteiger partial charge in [-0.05, 0) is 61.5 Å². The number of anilines is 1. The Morgan fingerprint density at radius 3 is 2.67 bits per heavy atom. The molecule has 6 heteroatoms. The number of nitrogens with zero attached hydrogens (tertiary/aromatic N) is 3. The van der Waals surface area contributed by atoms with E-state index in [1.807, 2.05) is 11.9 Å². The molecule has 2 fully saturated rings. The fourth-order valence-electron chi connectivity index (χ4n) is 3.42. The quantitative estimate of drug-likeness (QED) is 0.865. The standard InChI is InChI=1S/C15H20ClN3O2/c1-19(9-10-2-4-15(5-3-10)6-7-15)12-11(13(20)21)8-17-14(16)18-12/h8,10H,2-7,9H2,1H3,(H,20,21). The minimum Gasteiger partial charge on any atom is -0.477 e. The first kappa shape index (κ1) is 14.6.